The maximum Gasteiger partial charge on any atom is 0.161 e. The summed E-state index contributed by atoms with van der Waals surface area (Å²) in [7, 11) is 1.39. The SMILES string of the molecule is COCC(O)C(O)C(O)C(CO)OCc1ccc(C2CC2)c(Cc2ccc3c(c2)OCCO3)c1. The van der Waals surface area contributed by atoms with Gasteiger partial charge in [-0.15, -0.1) is 0 Å². The highest BCUT2D eigenvalue weighted by atomic mass is 16.6. The van der Waals surface area contributed by atoms with Crippen molar-refractivity contribution in [2.75, 3.05) is 33.5 Å². The van der Waals surface area contributed by atoms with Crippen molar-refractivity contribution >= 4 is 0 Å². The fourth-order valence-corrected chi connectivity index (χ4v) is 4.29. The molecule has 0 bridgehead atoms. The Kier molecular flexibility index (Phi) is 8.41. The molecule has 34 heavy (non-hydrogen) atoms. The van der Waals surface area contributed by atoms with Crippen molar-refractivity contribution in [1.29, 1.82) is 0 Å². The third-order valence-electron chi connectivity index (χ3n) is 6.33. The standard InChI is InChI=1S/C26H34O8/c1-31-15-21(28)25(29)26(30)24(13-27)34-14-17-2-6-20(18-4-5-18)19(11-17)10-16-3-7-22-23(12-16)33-9-8-32-22/h2-3,6-7,11-12,18,21,24-30H,4-5,8-10,13-15H2,1H3. The molecule has 1 aliphatic heterocycles. The molecule has 4 unspecified atom stereocenters. The van der Waals surface area contributed by atoms with E-state index in [1.165, 1.54) is 31.1 Å². The zero-order valence-electron chi connectivity index (χ0n) is 19.4. The number of methoxy groups -OCH3 is 1. The molecule has 4 atom stereocenters. The summed E-state index contributed by atoms with van der Waals surface area (Å²) in [5.74, 6) is 2.11. The second kappa shape index (κ2) is 11.5. The zero-order valence-corrected chi connectivity index (χ0v) is 19.4. The smallest absolute Gasteiger partial charge is 0.161 e. The number of hydrogen-bond donors (Lipinski definition) is 4. The van der Waals surface area contributed by atoms with E-state index in [1.54, 1.807) is 0 Å². The van der Waals surface area contributed by atoms with Crippen LogP contribution < -0.4 is 9.47 Å². The summed E-state index contributed by atoms with van der Waals surface area (Å²) >= 11 is 0. The molecule has 0 radical (unpaired) electrons. The van der Waals surface area contributed by atoms with E-state index in [-0.39, 0.29) is 13.2 Å². The topological polar surface area (TPSA) is 118 Å². The molecule has 2 aliphatic rings. The molecule has 0 spiro atoms. The van der Waals surface area contributed by atoms with Crippen LogP contribution in [0, 0.1) is 0 Å². The van der Waals surface area contributed by atoms with Crippen molar-refractivity contribution in [3.63, 3.8) is 0 Å². The fraction of sp³-hybridized carbons (Fsp3) is 0.538. The molecule has 1 fully saturated rings. The third kappa shape index (κ3) is 6.07. The van der Waals surface area contributed by atoms with E-state index in [1.807, 2.05) is 18.2 Å². The van der Waals surface area contributed by atoms with E-state index in [0.29, 0.717) is 19.1 Å². The second-order valence-electron chi connectivity index (χ2n) is 9.00. The Balaban J connectivity index is 1.45. The van der Waals surface area contributed by atoms with Gasteiger partial charge in [-0.1, -0.05) is 24.3 Å². The molecular formula is C26H34O8. The van der Waals surface area contributed by atoms with Gasteiger partial charge in [-0.05, 0) is 59.6 Å². The average Bonchev–Trinajstić information content (AvgIpc) is 3.69. The predicted octanol–water partition coefficient (Wildman–Crippen LogP) is 1.53. The molecule has 8 heteroatoms. The van der Waals surface area contributed by atoms with E-state index < -0.39 is 31.0 Å². The van der Waals surface area contributed by atoms with Gasteiger partial charge in [0.15, 0.2) is 11.5 Å². The van der Waals surface area contributed by atoms with Crippen LogP contribution in [0.5, 0.6) is 11.5 Å². The first-order valence-corrected chi connectivity index (χ1v) is 11.8. The molecule has 1 saturated carbocycles. The van der Waals surface area contributed by atoms with Gasteiger partial charge in [-0.25, -0.2) is 0 Å². The Labute approximate surface area is 199 Å². The summed E-state index contributed by atoms with van der Waals surface area (Å²) in [6.45, 7) is 0.622. The molecule has 8 nitrogen and oxygen atoms in total. The summed E-state index contributed by atoms with van der Waals surface area (Å²) in [6, 6.07) is 12.3. The average molecular weight is 475 g/mol. The van der Waals surface area contributed by atoms with Crippen molar-refractivity contribution in [2.24, 2.45) is 0 Å². The molecule has 0 aromatic heterocycles. The number of hydrogen-bond acceptors (Lipinski definition) is 8. The summed E-state index contributed by atoms with van der Waals surface area (Å²) in [6.07, 6.45) is -2.18. The molecular weight excluding hydrogens is 440 g/mol. The van der Waals surface area contributed by atoms with Crippen molar-refractivity contribution in [2.45, 2.75) is 56.2 Å². The van der Waals surface area contributed by atoms with Crippen molar-refractivity contribution in [3.8, 4) is 11.5 Å². The third-order valence-corrected chi connectivity index (χ3v) is 6.33. The van der Waals surface area contributed by atoms with E-state index in [4.69, 9.17) is 18.9 Å². The van der Waals surface area contributed by atoms with Gasteiger partial charge >= 0.3 is 0 Å². The highest BCUT2D eigenvalue weighted by molar-refractivity contribution is 5.46. The molecule has 4 N–H and O–H groups in total. The molecule has 1 aliphatic carbocycles. The van der Waals surface area contributed by atoms with Crippen LogP contribution in [0.25, 0.3) is 0 Å². The summed E-state index contributed by atoms with van der Waals surface area (Å²) < 4.78 is 21.9. The lowest BCUT2D eigenvalue weighted by atomic mass is 9.95. The first kappa shape index (κ1) is 24.9. The maximum atomic E-state index is 10.4. The van der Waals surface area contributed by atoms with Gasteiger partial charge in [-0.3, -0.25) is 0 Å². The Morgan fingerprint density at radius 3 is 2.38 bits per heavy atom. The summed E-state index contributed by atoms with van der Waals surface area (Å²) in [5.41, 5.74) is 4.56. The van der Waals surface area contributed by atoms with E-state index in [0.717, 1.165) is 29.0 Å². The number of rotatable bonds is 12. The first-order valence-electron chi connectivity index (χ1n) is 11.8. The van der Waals surface area contributed by atoms with Crippen LogP contribution >= 0.6 is 0 Å². The van der Waals surface area contributed by atoms with E-state index in [2.05, 4.69) is 18.2 Å². The van der Waals surface area contributed by atoms with Crippen molar-refractivity contribution in [3.05, 3.63) is 58.7 Å². The van der Waals surface area contributed by atoms with Crippen LogP contribution in [0.3, 0.4) is 0 Å². The van der Waals surface area contributed by atoms with Gasteiger partial charge in [0.05, 0.1) is 19.8 Å². The minimum Gasteiger partial charge on any atom is -0.486 e. The molecule has 1 heterocycles. The Hall–Kier alpha value is -2.20. The van der Waals surface area contributed by atoms with E-state index in [9.17, 15) is 20.4 Å². The lowest BCUT2D eigenvalue weighted by Crippen LogP contribution is -2.48. The van der Waals surface area contributed by atoms with Gasteiger partial charge in [0.25, 0.3) is 0 Å². The normalized spacial score (nSPS) is 18.9. The van der Waals surface area contributed by atoms with Crippen LogP contribution in [0.2, 0.25) is 0 Å². The predicted molar refractivity (Wildman–Crippen MR) is 124 cm³/mol. The highest BCUT2D eigenvalue weighted by Gasteiger charge is 2.32. The number of ether oxygens (including phenoxy) is 4. The monoisotopic (exact) mass is 474 g/mol. The minimum atomic E-state index is -1.50. The van der Waals surface area contributed by atoms with Crippen LogP contribution in [0.15, 0.2) is 36.4 Å². The largest absolute Gasteiger partial charge is 0.486 e. The fourth-order valence-electron chi connectivity index (χ4n) is 4.29. The maximum absolute atomic E-state index is 10.4. The molecule has 2 aromatic rings. The van der Waals surface area contributed by atoms with Crippen LogP contribution in [0.1, 0.15) is 41.0 Å². The zero-order chi connectivity index (χ0) is 24.1. The number of fused-ring (bicyclic) bond motifs is 1. The highest BCUT2D eigenvalue weighted by Crippen LogP contribution is 2.42. The van der Waals surface area contributed by atoms with Gasteiger partial charge in [0.1, 0.15) is 37.6 Å². The lowest BCUT2D eigenvalue weighted by Gasteiger charge is -2.28. The lowest BCUT2D eigenvalue weighted by molar-refractivity contribution is -0.146. The number of aliphatic hydroxyl groups excluding tert-OH is 4. The molecule has 0 amide bonds. The summed E-state index contributed by atoms with van der Waals surface area (Å²) in [5, 5.41) is 40.0. The first-order chi connectivity index (χ1) is 16.5. The van der Waals surface area contributed by atoms with Gasteiger partial charge in [0, 0.05) is 7.11 Å². The van der Waals surface area contributed by atoms with E-state index >= 15 is 0 Å². The molecule has 4 rings (SSSR count). The minimum absolute atomic E-state index is 0.137. The summed E-state index contributed by atoms with van der Waals surface area (Å²) in [4.78, 5) is 0. The second-order valence-corrected chi connectivity index (χ2v) is 9.00. The van der Waals surface area contributed by atoms with Crippen molar-refractivity contribution in [1.82, 2.24) is 0 Å². The molecule has 2 aromatic carbocycles. The quantitative estimate of drug-likeness (QED) is 0.366. The van der Waals surface area contributed by atoms with Crippen molar-refractivity contribution < 1.29 is 39.4 Å². The van der Waals surface area contributed by atoms with Crippen LogP contribution in [-0.4, -0.2) is 78.4 Å². The van der Waals surface area contributed by atoms with Crippen LogP contribution in [-0.2, 0) is 22.5 Å². The number of benzene rings is 2. The van der Waals surface area contributed by atoms with Gasteiger partial charge < -0.3 is 39.4 Å². The van der Waals surface area contributed by atoms with Crippen LogP contribution in [0.4, 0.5) is 0 Å². The van der Waals surface area contributed by atoms with Gasteiger partial charge in [-0.2, -0.15) is 0 Å². The molecule has 0 saturated heterocycles. The Morgan fingerprint density at radius 1 is 0.941 bits per heavy atom. The van der Waals surface area contributed by atoms with Gasteiger partial charge in [0.2, 0.25) is 0 Å². The Bertz CT molecular complexity index is 944. The Morgan fingerprint density at radius 2 is 1.68 bits per heavy atom. The number of aliphatic hydroxyl groups is 4. The molecule has 186 valence electrons.